The average Bonchev–Trinajstić information content (AvgIpc) is 1.95. The summed E-state index contributed by atoms with van der Waals surface area (Å²) in [5, 5.41) is 0. The molecule has 1 N–H and O–H groups in total. The van der Waals surface area contributed by atoms with Crippen molar-refractivity contribution in [2.75, 3.05) is 0 Å². The molecule has 0 saturated carbocycles. The number of benzene rings is 1. The van der Waals surface area contributed by atoms with Crippen LogP contribution in [0.5, 0.6) is 0 Å². The molecule has 0 unspecified atom stereocenters. The Bertz CT molecular complexity index is 199. The van der Waals surface area contributed by atoms with Crippen molar-refractivity contribution in [2.24, 2.45) is 0 Å². The molecule has 0 amide bonds. The standard InChI is InChI=1S/C6H6BrNS2/c7-5-1-3-6(4-2-5)10-8-9/h1-4,8-9H. The van der Waals surface area contributed by atoms with Gasteiger partial charge in [0.25, 0.3) is 0 Å². The van der Waals surface area contributed by atoms with E-state index in [1.165, 1.54) is 11.9 Å². The molecule has 54 valence electrons. The fourth-order valence-electron chi connectivity index (χ4n) is 0.555. The Kier molecular flexibility index (Phi) is 3.62. The summed E-state index contributed by atoms with van der Waals surface area (Å²) in [4.78, 5) is 1.15. The Morgan fingerprint density at radius 1 is 1.30 bits per heavy atom. The first-order chi connectivity index (χ1) is 4.83. The molecule has 0 fully saturated rings. The van der Waals surface area contributed by atoms with Gasteiger partial charge in [-0.3, -0.25) is 0 Å². The monoisotopic (exact) mass is 235 g/mol. The van der Waals surface area contributed by atoms with Crippen LogP contribution in [0.2, 0.25) is 0 Å². The first-order valence-corrected chi connectivity index (χ1v) is 4.70. The van der Waals surface area contributed by atoms with E-state index in [9.17, 15) is 0 Å². The lowest BCUT2D eigenvalue weighted by Crippen LogP contribution is -1.80. The second-order valence-corrected chi connectivity index (χ2v) is 3.97. The molecule has 0 aliphatic heterocycles. The van der Waals surface area contributed by atoms with Gasteiger partial charge in [-0.1, -0.05) is 28.7 Å². The van der Waals surface area contributed by atoms with Crippen LogP contribution in [0.3, 0.4) is 0 Å². The van der Waals surface area contributed by atoms with E-state index in [-0.39, 0.29) is 0 Å². The highest BCUT2D eigenvalue weighted by atomic mass is 79.9. The first-order valence-electron chi connectivity index (χ1n) is 2.64. The third-order valence-corrected chi connectivity index (χ3v) is 2.38. The maximum absolute atomic E-state index is 3.86. The minimum absolute atomic E-state index is 1.09. The van der Waals surface area contributed by atoms with Crippen LogP contribution in [0.1, 0.15) is 0 Å². The van der Waals surface area contributed by atoms with E-state index in [1.54, 1.807) is 0 Å². The van der Waals surface area contributed by atoms with Gasteiger partial charge in [0.15, 0.2) is 0 Å². The zero-order valence-corrected chi connectivity index (χ0v) is 8.34. The summed E-state index contributed by atoms with van der Waals surface area (Å²) in [7, 11) is 0. The van der Waals surface area contributed by atoms with E-state index in [1.807, 2.05) is 24.3 Å². The van der Waals surface area contributed by atoms with Gasteiger partial charge in [-0.05, 0) is 36.2 Å². The van der Waals surface area contributed by atoms with Crippen molar-refractivity contribution in [2.45, 2.75) is 4.90 Å². The van der Waals surface area contributed by atoms with Gasteiger partial charge in [0.2, 0.25) is 0 Å². The first kappa shape index (κ1) is 8.46. The van der Waals surface area contributed by atoms with Gasteiger partial charge in [0.05, 0.1) is 0 Å². The van der Waals surface area contributed by atoms with Gasteiger partial charge >= 0.3 is 0 Å². The van der Waals surface area contributed by atoms with Crippen molar-refractivity contribution in [3.8, 4) is 0 Å². The molecule has 0 radical (unpaired) electrons. The van der Waals surface area contributed by atoms with Gasteiger partial charge in [0.1, 0.15) is 0 Å². The Balaban J connectivity index is 2.69. The van der Waals surface area contributed by atoms with E-state index < -0.39 is 0 Å². The summed E-state index contributed by atoms with van der Waals surface area (Å²) < 4.78 is 3.79. The van der Waals surface area contributed by atoms with Crippen molar-refractivity contribution in [1.82, 2.24) is 4.13 Å². The Hall–Kier alpha value is 0.360. The van der Waals surface area contributed by atoms with Crippen LogP contribution in [0, 0.1) is 0 Å². The molecule has 0 aromatic heterocycles. The van der Waals surface area contributed by atoms with Crippen LogP contribution < -0.4 is 4.13 Å². The number of halogens is 1. The third kappa shape index (κ3) is 2.54. The van der Waals surface area contributed by atoms with E-state index in [2.05, 4.69) is 32.9 Å². The van der Waals surface area contributed by atoms with E-state index >= 15 is 0 Å². The highest BCUT2D eigenvalue weighted by Gasteiger charge is 1.89. The molecule has 0 bridgehead atoms. The normalized spacial score (nSPS) is 9.80. The van der Waals surface area contributed by atoms with Gasteiger partial charge in [0, 0.05) is 9.37 Å². The number of hydrogen-bond donors (Lipinski definition) is 2. The summed E-state index contributed by atoms with van der Waals surface area (Å²) in [6.45, 7) is 0. The molecule has 0 atom stereocenters. The lowest BCUT2D eigenvalue weighted by atomic mass is 10.4. The molecule has 0 aliphatic carbocycles. The molecule has 1 rings (SSSR count). The predicted octanol–water partition coefficient (Wildman–Crippen LogP) is 2.89. The average molecular weight is 236 g/mol. The molecule has 0 spiro atoms. The third-order valence-electron chi connectivity index (χ3n) is 0.977. The van der Waals surface area contributed by atoms with Gasteiger partial charge < -0.3 is 0 Å². The second-order valence-electron chi connectivity index (χ2n) is 1.65. The molecule has 1 aromatic rings. The molecule has 1 aromatic carbocycles. The molecule has 0 aliphatic rings. The Morgan fingerprint density at radius 2 is 1.90 bits per heavy atom. The Morgan fingerprint density at radius 3 is 2.40 bits per heavy atom. The van der Waals surface area contributed by atoms with Crippen molar-refractivity contribution >= 4 is 40.7 Å². The number of hydrogen-bond acceptors (Lipinski definition) is 3. The van der Waals surface area contributed by atoms with Crippen LogP contribution in [0.15, 0.2) is 33.6 Å². The maximum Gasteiger partial charge on any atom is 0.0237 e. The fourth-order valence-corrected chi connectivity index (χ4v) is 1.51. The SMILES string of the molecule is SNSc1ccc(Br)cc1. The zero-order chi connectivity index (χ0) is 7.40. The molecular formula is C6H6BrNS2. The fraction of sp³-hybridized carbons (Fsp3) is 0. The zero-order valence-electron chi connectivity index (χ0n) is 5.04. The van der Waals surface area contributed by atoms with Gasteiger partial charge in [-0.2, -0.15) is 0 Å². The highest BCUT2D eigenvalue weighted by molar-refractivity contribution is 9.10. The smallest absolute Gasteiger partial charge is 0.0237 e. The largest absolute Gasteiger partial charge is 0.206 e. The van der Waals surface area contributed by atoms with Crippen LogP contribution in [0.25, 0.3) is 0 Å². The quantitative estimate of drug-likeness (QED) is 0.605. The number of rotatable bonds is 2. The highest BCUT2D eigenvalue weighted by Crippen LogP contribution is 2.17. The van der Waals surface area contributed by atoms with Gasteiger partial charge in [-0.25, -0.2) is 4.13 Å². The molecule has 1 nitrogen and oxygen atoms in total. The topological polar surface area (TPSA) is 12.0 Å². The van der Waals surface area contributed by atoms with Crippen LogP contribution in [-0.4, -0.2) is 0 Å². The van der Waals surface area contributed by atoms with Crippen molar-refractivity contribution in [1.29, 1.82) is 0 Å². The summed E-state index contributed by atoms with van der Waals surface area (Å²) >= 11 is 8.68. The van der Waals surface area contributed by atoms with E-state index in [0.29, 0.717) is 0 Å². The predicted molar refractivity (Wildman–Crippen MR) is 52.1 cm³/mol. The van der Waals surface area contributed by atoms with Crippen molar-refractivity contribution in [3.63, 3.8) is 0 Å². The van der Waals surface area contributed by atoms with Crippen LogP contribution in [0.4, 0.5) is 0 Å². The number of thiol groups is 1. The summed E-state index contributed by atoms with van der Waals surface area (Å²) in [5.74, 6) is 0. The molecule has 10 heavy (non-hydrogen) atoms. The van der Waals surface area contributed by atoms with Crippen molar-refractivity contribution < 1.29 is 0 Å². The molecule has 0 heterocycles. The lowest BCUT2D eigenvalue weighted by molar-refractivity contribution is 1.43. The minimum Gasteiger partial charge on any atom is -0.206 e. The second kappa shape index (κ2) is 4.28. The van der Waals surface area contributed by atoms with Crippen LogP contribution in [-0.2, 0) is 0 Å². The van der Waals surface area contributed by atoms with E-state index in [0.717, 1.165) is 9.37 Å². The molecule has 4 heteroatoms. The number of nitrogens with one attached hydrogen (secondary N) is 1. The molecule has 0 saturated heterocycles. The maximum atomic E-state index is 3.86. The summed E-state index contributed by atoms with van der Waals surface area (Å²) in [6, 6.07) is 8.01. The summed E-state index contributed by atoms with van der Waals surface area (Å²) in [6.07, 6.45) is 0. The minimum atomic E-state index is 1.09. The van der Waals surface area contributed by atoms with E-state index in [4.69, 9.17) is 0 Å². The lowest BCUT2D eigenvalue weighted by Gasteiger charge is -1.96. The van der Waals surface area contributed by atoms with Crippen LogP contribution >= 0.6 is 40.7 Å². The Labute approximate surface area is 78.4 Å². The van der Waals surface area contributed by atoms with Crippen molar-refractivity contribution in [3.05, 3.63) is 28.7 Å². The van der Waals surface area contributed by atoms with Gasteiger partial charge in [-0.15, -0.1) is 0 Å². The molecular weight excluding hydrogens is 230 g/mol. The summed E-state index contributed by atoms with van der Waals surface area (Å²) in [5.41, 5.74) is 0.